The number of carbonyl (C=O) groups excluding carboxylic acids is 2. The number of rotatable bonds is 14. The van der Waals surface area contributed by atoms with E-state index in [9.17, 15) is 22.4 Å². The van der Waals surface area contributed by atoms with Crippen molar-refractivity contribution in [1.82, 2.24) is 14.5 Å². The largest absolute Gasteiger partial charge is 0.497 e. The lowest BCUT2D eigenvalue weighted by molar-refractivity contribution is -0.125. The van der Waals surface area contributed by atoms with E-state index in [4.69, 9.17) is 9.47 Å². The van der Waals surface area contributed by atoms with E-state index in [-0.39, 0.29) is 42.8 Å². The first-order valence-corrected chi connectivity index (χ1v) is 13.9. The Labute approximate surface area is 230 Å². The van der Waals surface area contributed by atoms with E-state index in [1.807, 2.05) is 19.0 Å². The summed E-state index contributed by atoms with van der Waals surface area (Å²) < 4.78 is 52.6. The van der Waals surface area contributed by atoms with Crippen molar-refractivity contribution >= 4 is 27.5 Å². The minimum Gasteiger partial charge on any atom is -0.497 e. The van der Waals surface area contributed by atoms with Gasteiger partial charge in [0.1, 0.15) is 18.2 Å². The summed E-state index contributed by atoms with van der Waals surface area (Å²) >= 11 is 0. The molecule has 0 atom stereocenters. The Kier molecular flexibility index (Phi) is 11.8. The van der Waals surface area contributed by atoms with Gasteiger partial charge in [-0.25, -0.2) is 12.8 Å². The molecule has 0 aliphatic rings. The van der Waals surface area contributed by atoms with Crippen LogP contribution in [0.1, 0.15) is 23.6 Å². The predicted molar refractivity (Wildman–Crippen MR) is 148 cm³/mol. The van der Waals surface area contributed by atoms with Crippen LogP contribution < -0.4 is 15.0 Å². The van der Waals surface area contributed by atoms with Gasteiger partial charge in [0, 0.05) is 40.2 Å². The van der Waals surface area contributed by atoms with Gasteiger partial charge in [-0.15, -0.1) is 0 Å². The van der Waals surface area contributed by atoms with Crippen LogP contribution in [0.3, 0.4) is 0 Å². The Bertz CT molecular complexity index is 1250. The second-order valence-electron chi connectivity index (χ2n) is 9.51. The zero-order chi connectivity index (χ0) is 29.3. The number of halogens is 1. The van der Waals surface area contributed by atoms with Crippen molar-refractivity contribution in [2.75, 3.05) is 66.0 Å². The fourth-order valence-electron chi connectivity index (χ4n) is 3.95. The van der Waals surface area contributed by atoms with Crippen molar-refractivity contribution in [3.05, 3.63) is 52.8 Å². The van der Waals surface area contributed by atoms with Crippen LogP contribution in [0.25, 0.3) is 0 Å². The van der Waals surface area contributed by atoms with Crippen molar-refractivity contribution in [3.63, 3.8) is 0 Å². The quantitative estimate of drug-likeness (QED) is 0.350. The number of methoxy groups -OCH3 is 1. The fourth-order valence-corrected chi connectivity index (χ4v) is 5.51. The molecule has 2 rings (SSSR count). The molecule has 0 aromatic heterocycles. The number of likely N-dealkylation sites (N-methyl/N-ethyl adjacent to an activating group) is 2. The molecule has 2 aromatic rings. The van der Waals surface area contributed by atoms with Crippen LogP contribution in [-0.2, 0) is 30.9 Å². The number of carbonyl (C=O) groups is 2. The van der Waals surface area contributed by atoms with Crippen molar-refractivity contribution in [2.24, 2.45) is 0 Å². The van der Waals surface area contributed by atoms with Crippen LogP contribution in [0.4, 0.5) is 10.1 Å². The van der Waals surface area contributed by atoms with Gasteiger partial charge >= 0.3 is 0 Å². The topological polar surface area (TPSA) is 108 Å². The number of nitrogens with zero attached hydrogens (tertiary/aromatic N) is 3. The first kappa shape index (κ1) is 32.2. The molecule has 2 amide bonds. The first-order chi connectivity index (χ1) is 18.3. The molecule has 0 bridgehead atoms. The molecule has 10 nitrogen and oxygen atoms in total. The van der Waals surface area contributed by atoms with E-state index in [2.05, 4.69) is 5.32 Å². The van der Waals surface area contributed by atoms with Crippen LogP contribution in [0.2, 0.25) is 0 Å². The number of nitrogens with one attached hydrogen (secondary N) is 1. The third-order valence-corrected chi connectivity index (χ3v) is 8.23. The summed E-state index contributed by atoms with van der Waals surface area (Å²) in [7, 11) is 2.95. The monoisotopic (exact) mass is 566 g/mol. The summed E-state index contributed by atoms with van der Waals surface area (Å²) in [5.74, 6) is -0.666. The molecule has 0 saturated heterocycles. The molecular formula is C27H39FN4O6S. The highest BCUT2D eigenvalue weighted by Gasteiger charge is 2.25. The lowest BCUT2D eigenvalue weighted by atomic mass is 10.1. The number of hydrogen-bond donors (Lipinski definition) is 1. The number of ether oxygens (including phenoxy) is 2. The van der Waals surface area contributed by atoms with Gasteiger partial charge in [-0.2, -0.15) is 4.31 Å². The Balaban J connectivity index is 1.86. The zero-order valence-electron chi connectivity index (χ0n) is 23.7. The molecule has 216 valence electrons. The average Bonchev–Trinajstić information content (AvgIpc) is 2.85. The first-order valence-electron chi connectivity index (χ1n) is 12.4. The average molecular weight is 567 g/mol. The normalized spacial score (nSPS) is 11.6. The Morgan fingerprint density at radius 1 is 1.00 bits per heavy atom. The maximum atomic E-state index is 14.7. The van der Waals surface area contributed by atoms with E-state index < -0.39 is 21.7 Å². The molecule has 0 aliphatic heterocycles. The van der Waals surface area contributed by atoms with Crippen LogP contribution in [0, 0.1) is 19.7 Å². The highest BCUT2D eigenvalue weighted by Crippen LogP contribution is 2.27. The summed E-state index contributed by atoms with van der Waals surface area (Å²) in [4.78, 5) is 27.7. The van der Waals surface area contributed by atoms with Gasteiger partial charge in [-0.1, -0.05) is 6.07 Å². The van der Waals surface area contributed by atoms with Crippen molar-refractivity contribution in [3.8, 4) is 5.75 Å². The van der Waals surface area contributed by atoms with Gasteiger partial charge in [0.2, 0.25) is 21.8 Å². The highest BCUT2D eigenvalue weighted by molar-refractivity contribution is 7.89. The van der Waals surface area contributed by atoms with E-state index in [1.54, 1.807) is 32.0 Å². The Morgan fingerprint density at radius 3 is 2.18 bits per heavy atom. The number of anilines is 1. The zero-order valence-corrected chi connectivity index (χ0v) is 24.5. The minimum absolute atomic E-state index is 0.00849. The molecule has 0 saturated carbocycles. The van der Waals surface area contributed by atoms with Gasteiger partial charge in [0.05, 0.1) is 24.3 Å². The molecule has 2 aromatic carbocycles. The lowest BCUT2D eigenvalue weighted by Crippen LogP contribution is -2.35. The number of sulfonamides is 1. The maximum Gasteiger partial charge on any atom is 0.246 e. The molecule has 0 spiro atoms. The van der Waals surface area contributed by atoms with E-state index in [0.29, 0.717) is 35.5 Å². The van der Waals surface area contributed by atoms with Crippen LogP contribution in [0.5, 0.6) is 5.75 Å². The molecule has 0 unspecified atom stereocenters. The summed E-state index contributed by atoms with van der Waals surface area (Å²) in [6.07, 6.45) is 0. The van der Waals surface area contributed by atoms with Gasteiger partial charge in [-0.3, -0.25) is 9.59 Å². The lowest BCUT2D eigenvalue weighted by Gasteiger charge is -2.24. The summed E-state index contributed by atoms with van der Waals surface area (Å²) in [5, 5.41) is 2.65. The smallest absolute Gasteiger partial charge is 0.246 e. The molecule has 39 heavy (non-hydrogen) atoms. The van der Waals surface area contributed by atoms with Gasteiger partial charge in [0.25, 0.3) is 0 Å². The molecule has 0 heterocycles. The van der Waals surface area contributed by atoms with Gasteiger partial charge < -0.3 is 24.6 Å². The van der Waals surface area contributed by atoms with E-state index >= 15 is 0 Å². The standard InChI is InChI=1S/C27H39FN4O6S/c1-19-14-23(37-7)15-20(2)27(19)39(35,36)31(6)12-13-38-18-26(34)29-17-22-8-9-25(24(28)16-22)32(21(3)33)11-10-30(4)5/h8-9,14-16H,10-13,17-18H2,1-7H3,(H,29,34). The van der Waals surface area contributed by atoms with Crippen molar-refractivity contribution < 1.29 is 31.9 Å². The third kappa shape index (κ3) is 8.99. The number of hydrogen-bond acceptors (Lipinski definition) is 7. The van der Waals surface area contributed by atoms with Gasteiger partial charge in [-0.05, 0) is 68.9 Å². The second-order valence-corrected chi connectivity index (χ2v) is 11.5. The van der Waals surface area contributed by atoms with Crippen LogP contribution in [0.15, 0.2) is 35.2 Å². The summed E-state index contributed by atoms with van der Waals surface area (Å²) in [6, 6.07) is 7.78. The molecule has 12 heteroatoms. The van der Waals surface area contributed by atoms with Crippen LogP contribution >= 0.6 is 0 Å². The van der Waals surface area contributed by atoms with E-state index in [1.165, 1.54) is 42.4 Å². The van der Waals surface area contributed by atoms with E-state index in [0.717, 1.165) is 0 Å². The summed E-state index contributed by atoms with van der Waals surface area (Å²) in [6.45, 7) is 5.59. The maximum absolute atomic E-state index is 14.7. The summed E-state index contributed by atoms with van der Waals surface area (Å²) in [5.41, 5.74) is 1.86. The number of aryl methyl sites for hydroxylation is 2. The Morgan fingerprint density at radius 2 is 1.64 bits per heavy atom. The molecule has 0 radical (unpaired) electrons. The van der Waals surface area contributed by atoms with Crippen molar-refractivity contribution in [2.45, 2.75) is 32.2 Å². The van der Waals surface area contributed by atoms with Gasteiger partial charge in [0.15, 0.2) is 0 Å². The van der Waals surface area contributed by atoms with Crippen molar-refractivity contribution in [1.29, 1.82) is 0 Å². The number of amides is 2. The third-order valence-electron chi connectivity index (χ3n) is 6.06. The molecular weight excluding hydrogens is 527 g/mol. The fraction of sp³-hybridized carbons (Fsp3) is 0.481. The van der Waals surface area contributed by atoms with Crippen LogP contribution in [-0.4, -0.2) is 90.5 Å². The minimum atomic E-state index is -3.76. The predicted octanol–water partition coefficient (Wildman–Crippen LogP) is 2.32. The molecule has 0 aliphatic carbocycles. The Hall–Kier alpha value is -3.06. The molecule has 1 N–H and O–H groups in total. The highest BCUT2D eigenvalue weighted by atomic mass is 32.2. The SMILES string of the molecule is COc1cc(C)c(S(=O)(=O)N(C)CCOCC(=O)NCc2ccc(N(CCN(C)C)C(C)=O)c(F)c2)c(C)c1. The second kappa shape index (κ2) is 14.4. The molecule has 0 fully saturated rings. The number of benzene rings is 2.